The van der Waals surface area contributed by atoms with E-state index in [1.807, 2.05) is 0 Å². The molecular weight excluding hydrogens is 424 g/mol. The van der Waals surface area contributed by atoms with Crippen molar-refractivity contribution < 1.29 is 41.7 Å². The number of methoxy groups -OCH3 is 2. The maximum atomic E-state index is 13.9. The SMILES string of the molecule is COc1ccc(OC)c([C@@H]2NC(=O)N[C@@](O)(C(F)(F)F)[C@@H]2C(=O)c2ccc(F)cc2)c1. The van der Waals surface area contributed by atoms with Crippen molar-refractivity contribution in [3.05, 3.63) is 59.4 Å². The number of benzene rings is 2. The second-order valence-corrected chi connectivity index (χ2v) is 6.80. The van der Waals surface area contributed by atoms with Crippen molar-refractivity contribution >= 4 is 11.8 Å². The molecule has 0 saturated carbocycles. The summed E-state index contributed by atoms with van der Waals surface area (Å²) in [6, 6.07) is 4.91. The number of rotatable bonds is 5. The summed E-state index contributed by atoms with van der Waals surface area (Å²) in [5.41, 5.74) is -4.24. The van der Waals surface area contributed by atoms with Crippen LogP contribution in [-0.2, 0) is 0 Å². The number of hydrogen-bond acceptors (Lipinski definition) is 5. The van der Waals surface area contributed by atoms with Gasteiger partial charge < -0.3 is 25.2 Å². The van der Waals surface area contributed by atoms with Crippen molar-refractivity contribution in [1.29, 1.82) is 0 Å². The molecular formula is C20H18F4N2O5. The van der Waals surface area contributed by atoms with Gasteiger partial charge in [-0.2, -0.15) is 13.2 Å². The number of hydrogen-bond donors (Lipinski definition) is 3. The Labute approximate surface area is 174 Å². The zero-order valence-corrected chi connectivity index (χ0v) is 16.3. The molecule has 0 spiro atoms. The minimum atomic E-state index is -5.42. The molecule has 166 valence electrons. The van der Waals surface area contributed by atoms with Gasteiger partial charge >= 0.3 is 12.2 Å². The van der Waals surface area contributed by atoms with E-state index in [4.69, 9.17) is 9.47 Å². The van der Waals surface area contributed by atoms with E-state index in [1.165, 1.54) is 37.7 Å². The van der Waals surface area contributed by atoms with Crippen molar-refractivity contribution in [1.82, 2.24) is 10.6 Å². The second-order valence-electron chi connectivity index (χ2n) is 6.80. The number of ketones is 1. The summed E-state index contributed by atoms with van der Waals surface area (Å²) in [6.45, 7) is 0. The molecule has 2 aromatic rings. The Bertz CT molecular complexity index is 996. The first-order valence-corrected chi connectivity index (χ1v) is 8.91. The predicted octanol–water partition coefficient (Wildman–Crippen LogP) is 2.95. The van der Waals surface area contributed by atoms with E-state index in [9.17, 15) is 32.3 Å². The lowest BCUT2D eigenvalue weighted by Gasteiger charge is -2.45. The number of nitrogens with one attached hydrogen (secondary N) is 2. The molecule has 0 radical (unpaired) electrons. The molecule has 31 heavy (non-hydrogen) atoms. The molecule has 3 rings (SSSR count). The third-order valence-electron chi connectivity index (χ3n) is 4.99. The van der Waals surface area contributed by atoms with Crippen molar-refractivity contribution in [2.45, 2.75) is 17.9 Å². The number of halogens is 4. The highest BCUT2D eigenvalue weighted by Crippen LogP contribution is 2.46. The maximum absolute atomic E-state index is 13.9. The number of alkyl halides is 3. The molecule has 3 N–H and O–H groups in total. The highest BCUT2D eigenvalue weighted by atomic mass is 19.4. The Balaban J connectivity index is 2.23. The maximum Gasteiger partial charge on any atom is 0.437 e. The number of carbonyl (C=O) groups is 2. The summed E-state index contributed by atoms with van der Waals surface area (Å²) in [4.78, 5) is 25.3. The van der Waals surface area contributed by atoms with Gasteiger partial charge in [0.1, 0.15) is 23.2 Å². The third kappa shape index (κ3) is 4.00. The van der Waals surface area contributed by atoms with Crippen LogP contribution >= 0.6 is 0 Å². The Hall–Kier alpha value is -3.34. The molecule has 0 unspecified atom stereocenters. The summed E-state index contributed by atoms with van der Waals surface area (Å²) in [5.74, 6) is -3.90. The predicted molar refractivity (Wildman–Crippen MR) is 99.2 cm³/mol. The fourth-order valence-electron chi connectivity index (χ4n) is 3.47. The van der Waals surface area contributed by atoms with Crippen molar-refractivity contribution in [3.8, 4) is 11.5 Å². The summed E-state index contributed by atoms with van der Waals surface area (Å²) in [6.07, 6.45) is -5.42. The lowest BCUT2D eigenvalue weighted by atomic mass is 9.77. The Morgan fingerprint density at radius 1 is 1.10 bits per heavy atom. The first kappa shape index (κ1) is 22.3. The number of Topliss-reactive ketones (excluding diaryl/α,β-unsaturated/α-hetero) is 1. The first-order chi connectivity index (χ1) is 14.5. The molecule has 7 nitrogen and oxygen atoms in total. The van der Waals surface area contributed by atoms with E-state index in [1.54, 1.807) is 0 Å². The molecule has 0 bridgehead atoms. The minimum Gasteiger partial charge on any atom is -0.497 e. The highest BCUT2D eigenvalue weighted by Gasteiger charge is 2.66. The average Bonchev–Trinajstić information content (AvgIpc) is 2.72. The summed E-state index contributed by atoms with van der Waals surface area (Å²) >= 11 is 0. The van der Waals surface area contributed by atoms with Crippen LogP contribution in [0, 0.1) is 11.7 Å². The van der Waals surface area contributed by atoms with E-state index >= 15 is 0 Å². The van der Waals surface area contributed by atoms with Crippen LogP contribution in [-0.4, -0.2) is 43.0 Å². The van der Waals surface area contributed by atoms with Crippen LogP contribution in [0.3, 0.4) is 0 Å². The van der Waals surface area contributed by atoms with Crippen molar-refractivity contribution in [2.75, 3.05) is 14.2 Å². The second kappa shape index (κ2) is 8.06. The van der Waals surface area contributed by atoms with Crippen LogP contribution in [0.5, 0.6) is 11.5 Å². The van der Waals surface area contributed by atoms with Crippen molar-refractivity contribution in [3.63, 3.8) is 0 Å². The molecule has 1 fully saturated rings. The topological polar surface area (TPSA) is 96.9 Å². The zero-order valence-electron chi connectivity index (χ0n) is 16.3. The molecule has 2 aromatic carbocycles. The van der Waals surface area contributed by atoms with Gasteiger partial charge in [0.05, 0.1) is 20.3 Å². The van der Waals surface area contributed by atoms with Crippen LogP contribution in [0.1, 0.15) is 22.0 Å². The molecule has 3 atom stereocenters. The van der Waals surface area contributed by atoms with Crippen LogP contribution in [0.25, 0.3) is 0 Å². The lowest BCUT2D eigenvalue weighted by molar-refractivity contribution is -0.287. The van der Waals surface area contributed by atoms with Crippen LogP contribution in [0.4, 0.5) is 22.4 Å². The van der Waals surface area contributed by atoms with Gasteiger partial charge in [-0.25, -0.2) is 9.18 Å². The van der Waals surface area contributed by atoms with Crippen molar-refractivity contribution in [2.24, 2.45) is 5.92 Å². The van der Waals surface area contributed by atoms with E-state index in [-0.39, 0.29) is 22.6 Å². The highest BCUT2D eigenvalue weighted by molar-refractivity contribution is 6.00. The average molecular weight is 442 g/mol. The van der Waals surface area contributed by atoms with Gasteiger partial charge in [0.25, 0.3) is 0 Å². The lowest BCUT2D eigenvalue weighted by Crippen LogP contribution is -2.72. The Morgan fingerprint density at radius 3 is 2.29 bits per heavy atom. The zero-order chi connectivity index (χ0) is 23.0. The van der Waals surface area contributed by atoms with Crippen LogP contribution in [0.15, 0.2) is 42.5 Å². The monoisotopic (exact) mass is 442 g/mol. The van der Waals surface area contributed by atoms with Gasteiger partial charge in [-0.1, -0.05) is 0 Å². The minimum absolute atomic E-state index is 0.0279. The number of amides is 2. The smallest absolute Gasteiger partial charge is 0.437 e. The largest absolute Gasteiger partial charge is 0.497 e. The fourth-order valence-corrected chi connectivity index (χ4v) is 3.47. The molecule has 1 aliphatic heterocycles. The Kier molecular flexibility index (Phi) is 5.81. The molecule has 0 aromatic heterocycles. The molecule has 1 heterocycles. The van der Waals surface area contributed by atoms with E-state index in [2.05, 4.69) is 5.32 Å². The quantitative estimate of drug-likeness (QED) is 0.489. The Morgan fingerprint density at radius 2 is 1.74 bits per heavy atom. The van der Waals surface area contributed by atoms with E-state index in [0.717, 1.165) is 24.3 Å². The van der Waals surface area contributed by atoms with Gasteiger partial charge in [-0.05, 0) is 42.5 Å². The normalized spacial score (nSPS) is 23.5. The molecule has 1 saturated heterocycles. The summed E-state index contributed by atoms with van der Waals surface area (Å²) in [5, 5.41) is 14.3. The van der Waals surface area contributed by atoms with Gasteiger partial charge in [0.2, 0.25) is 5.72 Å². The van der Waals surface area contributed by atoms with Crippen LogP contribution < -0.4 is 20.1 Å². The van der Waals surface area contributed by atoms with Gasteiger partial charge in [-0.3, -0.25) is 4.79 Å². The van der Waals surface area contributed by atoms with E-state index in [0.29, 0.717) is 0 Å². The van der Waals surface area contributed by atoms with Gasteiger partial charge in [-0.15, -0.1) is 0 Å². The molecule has 1 aliphatic rings. The molecule has 2 amide bonds. The van der Waals surface area contributed by atoms with E-state index < -0.39 is 41.5 Å². The van der Waals surface area contributed by atoms with Crippen LogP contribution in [0.2, 0.25) is 0 Å². The van der Waals surface area contributed by atoms with Gasteiger partial charge in [0.15, 0.2) is 5.78 Å². The summed E-state index contributed by atoms with van der Waals surface area (Å²) < 4.78 is 65.4. The first-order valence-electron chi connectivity index (χ1n) is 8.91. The number of carbonyl (C=O) groups excluding carboxylic acids is 2. The number of aliphatic hydroxyl groups is 1. The summed E-state index contributed by atoms with van der Waals surface area (Å²) in [7, 11) is 2.57. The third-order valence-corrected chi connectivity index (χ3v) is 4.99. The van der Waals surface area contributed by atoms with Gasteiger partial charge in [0, 0.05) is 11.1 Å². The fraction of sp³-hybridized carbons (Fsp3) is 0.300. The molecule has 11 heteroatoms. The number of urea groups is 1. The molecule has 0 aliphatic carbocycles. The number of ether oxygens (including phenoxy) is 2. The standard InChI is InChI=1S/C20H18F4N2O5/c1-30-12-7-8-14(31-2)13(9-12)16-15(17(27)10-3-5-11(21)6-4-10)19(29,20(22,23)24)26-18(28)25-16/h3-9,15-16,29H,1-2H3,(H2,25,26,28)/t15-,16-,19-/m0/s1.